The topological polar surface area (TPSA) is 43.1 Å². The normalized spacial score (nSPS) is 11.6. The molecule has 0 radical (unpaired) electrons. The lowest BCUT2D eigenvalue weighted by Crippen LogP contribution is -2.01. The summed E-state index contributed by atoms with van der Waals surface area (Å²) in [7, 11) is 0. The van der Waals surface area contributed by atoms with Gasteiger partial charge < -0.3 is 0 Å². The highest BCUT2D eigenvalue weighted by Crippen LogP contribution is 2.42. The minimum atomic E-state index is -4.59. The number of rotatable bonds is 2. The van der Waals surface area contributed by atoms with Crippen molar-refractivity contribution >= 4 is 33.4 Å². The first kappa shape index (κ1) is 13.2. The van der Waals surface area contributed by atoms with Crippen LogP contribution in [0.25, 0.3) is 0 Å². The van der Waals surface area contributed by atoms with Gasteiger partial charge in [0.2, 0.25) is 5.82 Å². The molecule has 0 fully saturated rings. The summed E-state index contributed by atoms with van der Waals surface area (Å²) in [6, 6.07) is 1.17. The molecule has 3 nitrogen and oxygen atoms in total. The van der Waals surface area contributed by atoms with Gasteiger partial charge in [-0.05, 0) is 33.8 Å². The lowest BCUT2D eigenvalue weighted by atomic mass is 10.3. The summed E-state index contributed by atoms with van der Waals surface area (Å²) >= 11 is 2.15. The van der Waals surface area contributed by atoms with E-state index in [1.54, 1.807) is 0 Å². The predicted molar refractivity (Wildman–Crippen MR) is 52.7 cm³/mol. The Balaban J connectivity index is 3.20. The number of hydrogen-bond donors (Lipinski definition) is 0. The first-order valence-corrected chi connectivity index (χ1v) is 5.21. The van der Waals surface area contributed by atoms with Gasteiger partial charge in [0.05, 0.1) is 4.92 Å². The molecular formula is C7H2BrF4NO2S. The Morgan fingerprint density at radius 3 is 2.38 bits per heavy atom. The van der Waals surface area contributed by atoms with Crippen molar-refractivity contribution in [2.45, 2.75) is 10.4 Å². The number of nitrogens with zero attached hydrogens (tertiary/aromatic N) is 1. The number of halogens is 5. The molecule has 0 saturated heterocycles. The molecule has 88 valence electrons. The molecule has 0 aliphatic heterocycles. The maximum atomic E-state index is 13.0. The molecule has 1 rings (SSSR count). The number of nitro benzene ring substituents is 1. The fraction of sp³-hybridized carbons (Fsp3) is 0.143. The van der Waals surface area contributed by atoms with Crippen molar-refractivity contribution in [2.75, 3.05) is 0 Å². The first-order valence-electron chi connectivity index (χ1n) is 3.60. The molecule has 0 unspecified atom stereocenters. The van der Waals surface area contributed by atoms with Gasteiger partial charge in [0.15, 0.2) is 0 Å². The molecule has 0 aliphatic carbocycles. The van der Waals surface area contributed by atoms with Crippen LogP contribution in [0, 0.1) is 15.9 Å². The van der Waals surface area contributed by atoms with E-state index < -0.39 is 38.6 Å². The van der Waals surface area contributed by atoms with E-state index in [0.29, 0.717) is 12.1 Å². The molecule has 1 aromatic carbocycles. The van der Waals surface area contributed by atoms with Gasteiger partial charge in [0, 0.05) is 15.4 Å². The summed E-state index contributed by atoms with van der Waals surface area (Å²) < 4.78 is 48.9. The van der Waals surface area contributed by atoms with Gasteiger partial charge in [-0.25, -0.2) is 0 Å². The van der Waals surface area contributed by atoms with Crippen molar-refractivity contribution in [1.82, 2.24) is 0 Å². The van der Waals surface area contributed by atoms with Crippen LogP contribution < -0.4 is 0 Å². The summed E-state index contributed by atoms with van der Waals surface area (Å²) in [5.41, 5.74) is -5.58. The van der Waals surface area contributed by atoms with E-state index in [4.69, 9.17) is 0 Å². The smallest absolute Gasteiger partial charge is 0.258 e. The van der Waals surface area contributed by atoms with E-state index >= 15 is 0 Å². The van der Waals surface area contributed by atoms with E-state index in [1.165, 1.54) is 0 Å². The predicted octanol–water partition coefficient (Wildman–Crippen LogP) is 4.11. The lowest BCUT2D eigenvalue weighted by Gasteiger charge is -2.07. The second-order valence-electron chi connectivity index (χ2n) is 2.54. The third-order valence-corrected chi connectivity index (χ3v) is 3.13. The number of nitro groups is 1. The van der Waals surface area contributed by atoms with E-state index in [2.05, 4.69) is 15.9 Å². The van der Waals surface area contributed by atoms with Crippen LogP contribution in [0.3, 0.4) is 0 Å². The molecule has 0 aromatic heterocycles. The van der Waals surface area contributed by atoms with E-state index in [0.717, 1.165) is 0 Å². The second kappa shape index (κ2) is 4.58. The van der Waals surface area contributed by atoms with Crippen molar-refractivity contribution < 1.29 is 22.5 Å². The molecule has 0 atom stereocenters. The van der Waals surface area contributed by atoms with Crippen molar-refractivity contribution in [2.24, 2.45) is 0 Å². The van der Waals surface area contributed by atoms with Crippen molar-refractivity contribution in [3.8, 4) is 0 Å². The number of thioether (sulfide) groups is 1. The SMILES string of the molecule is O=[N+]([O-])c1cc(SC(F)(F)F)c(Br)cc1F. The van der Waals surface area contributed by atoms with Crippen LogP contribution in [0.15, 0.2) is 21.5 Å². The van der Waals surface area contributed by atoms with Crippen LogP contribution in [0.5, 0.6) is 0 Å². The molecule has 0 bridgehead atoms. The second-order valence-corrected chi connectivity index (χ2v) is 4.50. The first-order chi connectivity index (χ1) is 7.20. The Hall–Kier alpha value is -0.830. The van der Waals surface area contributed by atoms with Gasteiger partial charge in [0.1, 0.15) is 0 Å². The zero-order chi connectivity index (χ0) is 12.5. The van der Waals surface area contributed by atoms with E-state index in [1.807, 2.05) is 0 Å². The molecule has 0 spiro atoms. The molecular weight excluding hydrogens is 318 g/mol. The molecule has 16 heavy (non-hydrogen) atoms. The summed E-state index contributed by atoms with van der Waals surface area (Å²) in [5, 5.41) is 10.3. The highest BCUT2D eigenvalue weighted by molar-refractivity contribution is 9.10. The fourth-order valence-corrected chi connectivity index (χ4v) is 2.00. The number of benzene rings is 1. The van der Waals surface area contributed by atoms with Gasteiger partial charge in [-0.3, -0.25) is 10.1 Å². The van der Waals surface area contributed by atoms with Gasteiger partial charge in [0.25, 0.3) is 0 Å². The largest absolute Gasteiger partial charge is 0.446 e. The highest BCUT2D eigenvalue weighted by atomic mass is 79.9. The van der Waals surface area contributed by atoms with Crippen LogP contribution >= 0.6 is 27.7 Å². The Bertz CT molecular complexity index is 437. The summed E-state index contributed by atoms with van der Waals surface area (Å²) in [4.78, 5) is 8.77. The fourth-order valence-electron chi connectivity index (χ4n) is 0.861. The van der Waals surface area contributed by atoms with Crippen LogP contribution in [-0.2, 0) is 0 Å². The van der Waals surface area contributed by atoms with Crippen LogP contribution in [0.4, 0.5) is 23.2 Å². The maximum absolute atomic E-state index is 13.0. The Kier molecular flexibility index (Phi) is 3.79. The molecule has 0 amide bonds. The molecule has 0 heterocycles. The summed E-state index contributed by atoms with van der Waals surface area (Å²) in [6.45, 7) is 0. The molecule has 1 aromatic rings. The van der Waals surface area contributed by atoms with Crippen molar-refractivity contribution in [3.63, 3.8) is 0 Å². The average Bonchev–Trinajstić information content (AvgIpc) is 2.07. The van der Waals surface area contributed by atoms with Gasteiger partial charge in [-0.15, -0.1) is 0 Å². The molecule has 0 aliphatic rings. The molecule has 0 saturated carbocycles. The zero-order valence-electron chi connectivity index (χ0n) is 7.22. The molecule has 0 N–H and O–H groups in total. The molecule has 9 heteroatoms. The average molecular weight is 320 g/mol. The van der Waals surface area contributed by atoms with Crippen molar-refractivity contribution in [1.29, 1.82) is 0 Å². The van der Waals surface area contributed by atoms with E-state index in [-0.39, 0.29) is 4.47 Å². The number of hydrogen-bond acceptors (Lipinski definition) is 3. The summed E-state index contributed by atoms with van der Waals surface area (Å²) in [6.07, 6.45) is 0. The third-order valence-electron chi connectivity index (χ3n) is 1.42. The Morgan fingerprint density at radius 2 is 1.94 bits per heavy atom. The van der Waals surface area contributed by atoms with Crippen LogP contribution in [0.1, 0.15) is 0 Å². The van der Waals surface area contributed by atoms with Crippen LogP contribution in [-0.4, -0.2) is 10.4 Å². The van der Waals surface area contributed by atoms with Gasteiger partial charge in [-0.2, -0.15) is 17.6 Å². The Labute approximate surface area is 99.1 Å². The van der Waals surface area contributed by atoms with Gasteiger partial charge in [-0.1, -0.05) is 0 Å². The maximum Gasteiger partial charge on any atom is 0.446 e. The lowest BCUT2D eigenvalue weighted by molar-refractivity contribution is -0.387. The number of alkyl halides is 3. The minimum absolute atomic E-state index is 0.182. The standard InChI is InChI=1S/C7H2BrF4NO2S/c8-3-1-4(9)5(13(14)15)2-6(3)16-7(10,11)12/h1-2H. The monoisotopic (exact) mass is 319 g/mol. The Morgan fingerprint density at radius 1 is 1.38 bits per heavy atom. The van der Waals surface area contributed by atoms with Crippen molar-refractivity contribution in [3.05, 3.63) is 32.5 Å². The quantitative estimate of drug-likeness (QED) is 0.356. The van der Waals surface area contributed by atoms with Crippen LogP contribution in [0.2, 0.25) is 0 Å². The zero-order valence-corrected chi connectivity index (χ0v) is 9.62. The summed E-state index contributed by atoms with van der Waals surface area (Å²) in [5.74, 6) is -1.19. The van der Waals surface area contributed by atoms with E-state index in [9.17, 15) is 27.7 Å². The highest BCUT2D eigenvalue weighted by Gasteiger charge is 2.32. The van der Waals surface area contributed by atoms with Gasteiger partial charge >= 0.3 is 11.2 Å². The minimum Gasteiger partial charge on any atom is -0.258 e. The third kappa shape index (κ3) is 3.34.